The highest BCUT2D eigenvalue weighted by atomic mass is 31.2. The Labute approximate surface area is 259 Å². The summed E-state index contributed by atoms with van der Waals surface area (Å²) in [6, 6.07) is 62.2. The normalized spacial score (nSPS) is 12.3. The number of hydrogen-bond acceptors (Lipinski definition) is 0. The summed E-state index contributed by atoms with van der Waals surface area (Å²) in [4.78, 5) is 0. The predicted octanol–water partition coefficient (Wildman–Crippen LogP) is 8.04. The van der Waals surface area contributed by atoms with Crippen molar-refractivity contribution in [1.29, 1.82) is 0 Å². The molecule has 44 heavy (non-hydrogen) atoms. The zero-order valence-electron chi connectivity index (χ0n) is 24.5. The predicted molar refractivity (Wildman–Crippen MR) is 202 cm³/mol. The van der Waals surface area contributed by atoms with Gasteiger partial charge in [0.15, 0.2) is 0 Å². The van der Waals surface area contributed by atoms with Crippen LogP contribution < -0.4 is 31.8 Å². The first-order valence-corrected chi connectivity index (χ1v) is 19.0. The molecule has 0 N–H and O–H groups in total. The molecule has 8 aromatic carbocycles. The summed E-state index contributed by atoms with van der Waals surface area (Å²) in [6.07, 6.45) is 10.2. The summed E-state index contributed by atoms with van der Waals surface area (Å²) in [7, 11) is 0. The van der Waals surface area contributed by atoms with Crippen molar-refractivity contribution in [2.24, 2.45) is 0 Å². The van der Waals surface area contributed by atoms with Crippen molar-refractivity contribution in [2.45, 2.75) is 0 Å². The van der Waals surface area contributed by atoms with E-state index in [1.165, 1.54) is 64.1 Å². The van der Waals surface area contributed by atoms with Crippen LogP contribution in [0.5, 0.6) is 0 Å². The third-order valence-electron chi connectivity index (χ3n) is 9.23. The summed E-state index contributed by atoms with van der Waals surface area (Å²) >= 11 is 0. The van der Waals surface area contributed by atoms with E-state index in [1.807, 2.05) is 0 Å². The highest BCUT2D eigenvalue weighted by Crippen LogP contribution is 2.48. The van der Waals surface area contributed by atoms with E-state index in [9.17, 15) is 0 Å². The number of hydrogen-bond donors (Lipinski definition) is 0. The van der Waals surface area contributed by atoms with Crippen LogP contribution in [0.4, 0.5) is 0 Å². The Morgan fingerprint density at radius 1 is 0.295 bits per heavy atom. The highest BCUT2D eigenvalue weighted by molar-refractivity contribution is 7.94. The van der Waals surface area contributed by atoms with Crippen molar-refractivity contribution in [1.82, 2.24) is 0 Å². The third kappa shape index (κ3) is 3.99. The van der Waals surface area contributed by atoms with Crippen LogP contribution >= 0.6 is 13.8 Å². The van der Waals surface area contributed by atoms with Gasteiger partial charge in [-0.25, -0.2) is 0 Å². The van der Waals surface area contributed by atoms with E-state index in [-0.39, 0.29) is 0 Å². The smallest absolute Gasteiger partial charge is 0.00199 e. The lowest BCUT2D eigenvalue weighted by Gasteiger charge is -2.30. The molecule has 0 saturated carbocycles. The van der Waals surface area contributed by atoms with Crippen LogP contribution in [0.15, 0.2) is 170 Å². The van der Waals surface area contributed by atoms with Crippen LogP contribution in [-0.2, 0) is 0 Å². The lowest BCUT2D eigenvalue weighted by atomic mass is 9.94. The van der Waals surface area contributed by atoms with Crippen LogP contribution in [0.3, 0.4) is 0 Å². The second kappa shape index (κ2) is 10.5. The minimum absolute atomic E-state index is 1.26. The van der Waals surface area contributed by atoms with Gasteiger partial charge in [0.2, 0.25) is 0 Å². The second-order valence-electron chi connectivity index (χ2n) is 11.6. The van der Waals surface area contributed by atoms with Gasteiger partial charge in [-0.1, -0.05) is 182 Å². The highest BCUT2D eigenvalue weighted by Gasteiger charge is 2.28. The summed E-state index contributed by atoms with van der Waals surface area (Å²) < 4.78 is 0. The molecule has 0 aromatic heterocycles. The van der Waals surface area contributed by atoms with E-state index in [1.54, 1.807) is 0 Å². The molecule has 0 nitrogen and oxygen atoms in total. The van der Waals surface area contributed by atoms with E-state index >= 15 is 0 Å². The molecule has 0 fully saturated rings. The quantitative estimate of drug-likeness (QED) is 0.134. The summed E-state index contributed by atoms with van der Waals surface area (Å²) in [5.41, 5.74) is 0. The summed E-state index contributed by atoms with van der Waals surface area (Å²) in [5, 5.41) is 15.6. The molecule has 8 rings (SSSR count). The Morgan fingerprint density at radius 2 is 0.568 bits per heavy atom. The molecule has 210 valence electrons. The summed E-state index contributed by atoms with van der Waals surface area (Å²) in [6.45, 7) is -4.36. The molecule has 8 aromatic rings. The first-order chi connectivity index (χ1) is 21.6. The van der Waals surface area contributed by atoms with Crippen molar-refractivity contribution >= 4 is 90.5 Å². The average Bonchev–Trinajstić information content (AvgIpc) is 3.11. The molecule has 0 unspecified atom stereocenters. The topological polar surface area (TPSA) is 0 Å². The Hall–Kier alpha value is -4.60. The minimum Gasteiger partial charge on any atom is -0.0887 e. The standard InChI is InChI=1S/C42H32P2/c1-43(33-15-7-3-8-16-33,34-17-9-4-10-18-34)39-29-25-31-23-24-32-26-30-40(38-28-27-37(39)41(31)42(32)38)44(2,35-19-11-5-12-20-35)36-21-13-6-14-22-36/h3-30H,1-2H2. The van der Waals surface area contributed by atoms with Gasteiger partial charge in [-0.2, -0.15) is 0 Å². The van der Waals surface area contributed by atoms with Crippen molar-refractivity contribution in [3.05, 3.63) is 170 Å². The van der Waals surface area contributed by atoms with Crippen LogP contribution in [-0.4, -0.2) is 12.6 Å². The van der Waals surface area contributed by atoms with Crippen LogP contribution in [0.25, 0.3) is 32.3 Å². The van der Waals surface area contributed by atoms with Crippen molar-refractivity contribution in [3.8, 4) is 0 Å². The second-order valence-corrected chi connectivity index (χ2v) is 17.8. The van der Waals surface area contributed by atoms with Crippen molar-refractivity contribution < 1.29 is 0 Å². The molecule has 0 atom stereocenters. The fourth-order valence-electron chi connectivity index (χ4n) is 7.02. The molecule has 0 aliphatic rings. The Kier molecular flexibility index (Phi) is 6.46. The van der Waals surface area contributed by atoms with Gasteiger partial charge in [-0.15, -0.1) is 0 Å². The van der Waals surface area contributed by atoms with Gasteiger partial charge in [0.25, 0.3) is 0 Å². The summed E-state index contributed by atoms with van der Waals surface area (Å²) in [5.74, 6) is 0. The van der Waals surface area contributed by atoms with E-state index < -0.39 is 13.8 Å². The molecule has 0 spiro atoms. The maximum absolute atomic E-state index is 5.11. The average molecular weight is 599 g/mol. The van der Waals surface area contributed by atoms with Crippen LogP contribution in [0.1, 0.15) is 0 Å². The van der Waals surface area contributed by atoms with Gasteiger partial charge in [-0.05, 0) is 77.9 Å². The first-order valence-electron chi connectivity index (χ1n) is 15.0. The Morgan fingerprint density at radius 3 is 0.864 bits per heavy atom. The maximum Gasteiger partial charge on any atom is -0.00199 e. The van der Waals surface area contributed by atoms with Gasteiger partial charge in [0, 0.05) is 0 Å². The van der Waals surface area contributed by atoms with Crippen LogP contribution in [0, 0.1) is 0 Å². The van der Waals surface area contributed by atoms with Gasteiger partial charge >= 0.3 is 0 Å². The molecule has 0 heterocycles. The van der Waals surface area contributed by atoms with Crippen molar-refractivity contribution in [2.75, 3.05) is 0 Å². The molecule has 0 aliphatic carbocycles. The molecular weight excluding hydrogens is 566 g/mol. The van der Waals surface area contributed by atoms with E-state index in [0.29, 0.717) is 0 Å². The Bertz CT molecular complexity index is 2100. The monoisotopic (exact) mass is 598 g/mol. The molecule has 0 amide bonds. The van der Waals surface area contributed by atoms with Gasteiger partial charge in [-0.3, -0.25) is 0 Å². The number of rotatable bonds is 6. The third-order valence-corrected chi connectivity index (χ3v) is 16.4. The van der Waals surface area contributed by atoms with Gasteiger partial charge in [0.1, 0.15) is 0 Å². The van der Waals surface area contributed by atoms with Gasteiger partial charge in [0.05, 0.1) is 0 Å². The van der Waals surface area contributed by atoms with E-state index in [2.05, 4.69) is 170 Å². The van der Waals surface area contributed by atoms with Crippen molar-refractivity contribution in [3.63, 3.8) is 0 Å². The molecule has 0 saturated heterocycles. The fraction of sp³-hybridized carbons (Fsp3) is 0. The minimum atomic E-state index is -2.18. The molecule has 2 heteroatoms. The zero-order valence-corrected chi connectivity index (χ0v) is 26.3. The number of benzene rings is 8. The SMILES string of the molecule is C=P(c1ccccc1)(c1ccccc1)c1ccc2ccc3ccc(P(=C)(c4ccccc4)c4ccccc4)c4ccc1c2c34. The van der Waals surface area contributed by atoms with Crippen LogP contribution in [0.2, 0.25) is 0 Å². The molecule has 0 radical (unpaired) electrons. The molecule has 0 bridgehead atoms. The van der Waals surface area contributed by atoms with Gasteiger partial charge < -0.3 is 0 Å². The fourth-order valence-corrected chi connectivity index (χ4v) is 13.3. The zero-order chi connectivity index (χ0) is 29.7. The molecule has 0 aliphatic heterocycles. The Balaban J connectivity index is 1.48. The first kappa shape index (κ1) is 27.0. The van der Waals surface area contributed by atoms with E-state index in [4.69, 9.17) is 12.6 Å². The largest absolute Gasteiger partial charge is 0.0887 e. The maximum atomic E-state index is 5.11. The molecular formula is C42H32P2. The lowest BCUT2D eigenvalue weighted by Crippen LogP contribution is -2.27. The lowest BCUT2D eigenvalue weighted by molar-refractivity contribution is 1.75. The van der Waals surface area contributed by atoms with E-state index in [0.717, 1.165) is 0 Å².